The summed E-state index contributed by atoms with van der Waals surface area (Å²) in [6, 6.07) is 24.2. The van der Waals surface area contributed by atoms with E-state index >= 15 is 0 Å². The Kier molecular flexibility index (Phi) is 4.86. The van der Waals surface area contributed by atoms with Crippen LogP contribution < -0.4 is 10.2 Å². The predicted molar refractivity (Wildman–Crippen MR) is 119 cm³/mol. The first kappa shape index (κ1) is 18.1. The minimum absolute atomic E-state index is 0.550. The molecule has 4 aromatic rings. The molecule has 1 fully saturated rings. The highest BCUT2D eigenvalue weighted by Gasteiger charge is 2.19. The molecule has 1 aliphatic rings. The van der Waals surface area contributed by atoms with E-state index < -0.39 is 0 Å². The molecular weight excluding hydrogens is 358 g/mol. The molecule has 148 valence electrons. The average molecular weight is 386 g/mol. The molecule has 29 heavy (non-hydrogen) atoms. The molecule has 0 spiro atoms. The minimum atomic E-state index is 0.550. The third-order valence-electron chi connectivity index (χ3n) is 5.91. The van der Waals surface area contributed by atoms with Crippen molar-refractivity contribution in [2.24, 2.45) is 0 Å². The Morgan fingerprint density at radius 3 is 2.66 bits per heavy atom. The maximum Gasteiger partial charge on any atom is 0.117 e. The second-order valence-electron chi connectivity index (χ2n) is 7.98. The quantitative estimate of drug-likeness (QED) is 0.477. The summed E-state index contributed by atoms with van der Waals surface area (Å²) in [5.74, 6) is 2.00. The highest BCUT2D eigenvalue weighted by Crippen LogP contribution is 2.28. The molecule has 2 aromatic heterocycles. The highest BCUT2D eigenvalue weighted by molar-refractivity contribution is 5.86. The maximum absolute atomic E-state index is 5.67. The van der Waals surface area contributed by atoms with Crippen LogP contribution in [0.2, 0.25) is 0 Å². The number of H-pyrrole nitrogens is 1. The van der Waals surface area contributed by atoms with Gasteiger partial charge < -0.3 is 19.6 Å². The van der Waals surface area contributed by atoms with Crippen LogP contribution in [-0.4, -0.2) is 24.1 Å². The fourth-order valence-electron chi connectivity index (χ4n) is 4.27. The monoisotopic (exact) mass is 385 g/mol. The minimum Gasteiger partial charge on any atom is -0.465 e. The summed E-state index contributed by atoms with van der Waals surface area (Å²) in [7, 11) is 0. The normalized spacial score (nSPS) is 15.3. The van der Waals surface area contributed by atoms with Gasteiger partial charge in [-0.25, -0.2) is 0 Å². The van der Waals surface area contributed by atoms with Gasteiger partial charge in [0.2, 0.25) is 0 Å². The van der Waals surface area contributed by atoms with E-state index in [0.717, 1.165) is 44.0 Å². The molecule has 2 aromatic carbocycles. The maximum atomic E-state index is 5.67. The fraction of sp³-hybridized carbons (Fsp3) is 0.280. The zero-order valence-corrected chi connectivity index (χ0v) is 16.8. The standard InChI is InChI=1S/C25H27N3O/c1-18-9-10-23(29-18)17-26-21-11-13-28(14-12-21)22-7-4-6-19(15-22)25-16-20-5-2-3-8-24(20)27-25/h2-10,15-16,21,26-27H,11-14,17H2,1H3. The first-order valence-electron chi connectivity index (χ1n) is 10.5. The van der Waals surface area contributed by atoms with Gasteiger partial charge in [0.25, 0.3) is 0 Å². The van der Waals surface area contributed by atoms with Crippen molar-refractivity contribution in [1.82, 2.24) is 10.3 Å². The van der Waals surface area contributed by atoms with Crippen molar-refractivity contribution < 1.29 is 4.42 Å². The lowest BCUT2D eigenvalue weighted by molar-refractivity contribution is 0.384. The van der Waals surface area contributed by atoms with Crippen LogP contribution in [0.4, 0.5) is 5.69 Å². The number of nitrogens with one attached hydrogen (secondary N) is 2. The SMILES string of the molecule is Cc1ccc(CNC2CCN(c3cccc(-c4cc5ccccc5[nH]4)c3)CC2)o1. The molecule has 0 amide bonds. The Morgan fingerprint density at radius 2 is 1.86 bits per heavy atom. The third-order valence-corrected chi connectivity index (χ3v) is 5.91. The third kappa shape index (κ3) is 3.94. The number of aryl methyl sites for hydroxylation is 1. The molecule has 0 bridgehead atoms. The summed E-state index contributed by atoms with van der Waals surface area (Å²) >= 11 is 0. The molecule has 1 aliphatic heterocycles. The molecular formula is C25H27N3O. The van der Waals surface area contributed by atoms with E-state index in [-0.39, 0.29) is 0 Å². The Hall–Kier alpha value is -2.98. The number of benzene rings is 2. The average Bonchev–Trinajstić information content (AvgIpc) is 3.39. The zero-order valence-electron chi connectivity index (χ0n) is 16.8. The number of nitrogens with zero attached hydrogens (tertiary/aromatic N) is 1. The van der Waals surface area contributed by atoms with E-state index in [0.29, 0.717) is 6.04 Å². The van der Waals surface area contributed by atoms with Crippen LogP contribution in [0, 0.1) is 6.92 Å². The summed E-state index contributed by atoms with van der Waals surface area (Å²) < 4.78 is 5.67. The van der Waals surface area contributed by atoms with Crippen LogP contribution in [0.25, 0.3) is 22.2 Å². The van der Waals surface area contributed by atoms with Crippen molar-refractivity contribution in [3.63, 3.8) is 0 Å². The van der Waals surface area contributed by atoms with Crippen LogP contribution in [0.15, 0.2) is 71.1 Å². The fourth-order valence-corrected chi connectivity index (χ4v) is 4.27. The number of para-hydroxylation sites is 1. The Morgan fingerprint density at radius 1 is 1.00 bits per heavy atom. The first-order valence-corrected chi connectivity index (χ1v) is 10.5. The number of aromatic nitrogens is 1. The second-order valence-corrected chi connectivity index (χ2v) is 7.98. The highest BCUT2D eigenvalue weighted by atomic mass is 16.3. The van der Waals surface area contributed by atoms with Gasteiger partial charge in [0, 0.05) is 41.4 Å². The van der Waals surface area contributed by atoms with Crippen LogP contribution in [0.5, 0.6) is 0 Å². The number of rotatable bonds is 5. The number of fused-ring (bicyclic) bond motifs is 1. The van der Waals surface area contributed by atoms with Crippen molar-refractivity contribution in [3.8, 4) is 11.3 Å². The van der Waals surface area contributed by atoms with Gasteiger partial charge in [-0.15, -0.1) is 0 Å². The largest absolute Gasteiger partial charge is 0.465 e. The first-order chi connectivity index (χ1) is 14.2. The van der Waals surface area contributed by atoms with E-state index in [1.807, 2.05) is 13.0 Å². The van der Waals surface area contributed by atoms with Crippen LogP contribution in [0.3, 0.4) is 0 Å². The lowest BCUT2D eigenvalue weighted by atomic mass is 10.0. The zero-order chi connectivity index (χ0) is 19.6. The molecule has 0 unspecified atom stereocenters. The molecule has 0 saturated carbocycles. The Balaban J connectivity index is 1.23. The summed E-state index contributed by atoms with van der Waals surface area (Å²) in [6.45, 7) is 4.95. The van der Waals surface area contributed by atoms with E-state index in [1.165, 1.54) is 27.8 Å². The van der Waals surface area contributed by atoms with Gasteiger partial charge >= 0.3 is 0 Å². The molecule has 5 rings (SSSR count). The molecule has 4 heteroatoms. The molecule has 0 aliphatic carbocycles. The Labute approximate surface area is 171 Å². The van der Waals surface area contributed by atoms with Gasteiger partial charge in [-0.1, -0.05) is 30.3 Å². The van der Waals surface area contributed by atoms with Crippen molar-refractivity contribution in [3.05, 3.63) is 78.3 Å². The smallest absolute Gasteiger partial charge is 0.117 e. The number of hydrogen-bond donors (Lipinski definition) is 2. The van der Waals surface area contributed by atoms with Crippen molar-refractivity contribution in [2.75, 3.05) is 18.0 Å². The van der Waals surface area contributed by atoms with Crippen molar-refractivity contribution in [2.45, 2.75) is 32.4 Å². The number of anilines is 1. The van der Waals surface area contributed by atoms with E-state index in [1.54, 1.807) is 0 Å². The van der Waals surface area contributed by atoms with Crippen LogP contribution in [0.1, 0.15) is 24.4 Å². The number of hydrogen-bond acceptors (Lipinski definition) is 3. The Bertz CT molecular complexity index is 1070. The predicted octanol–water partition coefficient (Wildman–Crippen LogP) is 5.49. The summed E-state index contributed by atoms with van der Waals surface area (Å²) in [4.78, 5) is 6.05. The topological polar surface area (TPSA) is 44.2 Å². The summed E-state index contributed by atoms with van der Waals surface area (Å²) in [6.07, 6.45) is 2.30. The van der Waals surface area contributed by atoms with Crippen molar-refractivity contribution >= 4 is 16.6 Å². The molecule has 1 saturated heterocycles. The van der Waals surface area contributed by atoms with E-state index in [4.69, 9.17) is 4.42 Å². The van der Waals surface area contributed by atoms with Crippen LogP contribution in [-0.2, 0) is 6.54 Å². The number of furan rings is 1. The summed E-state index contributed by atoms with van der Waals surface area (Å²) in [5.41, 5.74) is 4.92. The molecule has 0 radical (unpaired) electrons. The van der Waals surface area contributed by atoms with Crippen molar-refractivity contribution in [1.29, 1.82) is 0 Å². The van der Waals surface area contributed by atoms with Gasteiger partial charge in [0.15, 0.2) is 0 Å². The molecule has 3 heterocycles. The van der Waals surface area contributed by atoms with Gasteiger partial charge in [0.05, 0.1) is 6.54 Å². The molecule has 0 atom stereocenters. The summed E-state index contributed by atoms with van der Waals surface area (Å²) in [5, 5.41) is 4.91. The van der Waals surface area contributed by atoms with Gasteiger partial charge in [0.1, 0.15) is 11.5 Å². The van der Waals surface area contributed by atoms with E-state index in [2.05, 4.69) is 75.9 Å². The number of aromatic amines is 1. The number of piperidine rings is 1. The van der Waals surface area contributed by atoms with E-state index in [9.17, 15) is 0 Å². The van der Waals surface area contributed by atoms with Gasteiger partial charge in [-0.05, 0) is 61.7 Å². The van der Waals surface area contributed by atoms with Crippen LogP contribution >= 0.6 is 0 Å². The molecule has 4 nitrogen and oxygen atoms in total. The molecule has 2 N–H and O–H groups in total. The lowest BCUT2D eigenvalue weighted by Crippen LogP contribution is -2.42. The second kappa shape index (κ2) is 7.80. The van der Waals surface area contributed by atoms with Gasteiger partial charge in [-0.2, -0.15) is 0 Å². The van der Waals surface area contributed by atoms with Gasteiger partial charge in [-0.3, -0.25) is 0 Å². The lowest BCUT2D eigenvalue weighted by Gasteiger charge is -2.34.